The van der Waals surface area contributed by atoms with Gasteiger partial charge in [-0.15, -0.1) is 0 Å². The molecule has 0 aliphatic carbocycles. The maximum Gasteiger partial charge on any atom is 0.156 e. The minimum absolute atomic E-state index is 0.0895. The van der Waals surface area contributed by atoms with E-state index in [1.54, 1.807) is 6.33 Å². The van der Waals surface area contributed by atoms with Crippen LogP contribution < -0.4 is 0 Å². The molecule has 0 spiro atoms. The summed E-state index contributed by atoms with van der Waals surface area (Å²) in [5, 5.41) is 5.01. The van der Waals surface area contributed by atoms with E-state index in [4.69, 9.17) is 16.3 Å². The Hall–Kier alpha value is -1.39. The van der Waals surface area contributed by atoms with Crippen molar-refractivity contribution in [2.45, 2.75) is 25.5 Å². The molecule has 0 N–H and O–H groups in total. The lowest BCUT2D eigenvalue weighted by Gasteiger charge is -2.11. The van der Waals surface area contributed by atoms with Crippen molar-refractivity contribution in [3.63, 3.8) is 0 Å². The van der Waals surface area contributed by atoms with Gasteiger partial charge in [-0.2, -0.15) is 5.10 Å². The third kappa shape index (κ3) is 2.40. The van der Waals surface area contributed by atoms with Gasteiger partial charge in [0, 0.05) is 11.6 Å². The number of aromatic nitrogens is 3. The van der Waals surface area contributed by atoms with Crippen molar-refractivity contribution in [1.29, 1.82) is 0 Å². The minimum atomic E-state index is 0.0895. The van der Waals surface area contributed by atoms with Gasteiger partial charge in [-0.1, -0.05) is 23.7 Å². The first-order valence-corrected chi connectivity index (χ1v) is 6.44. The van der Waals surface area contributed by atoms with Crippen LogP contribution in [0.5, 0.6) is 0 Å². The van der Waals surface area contributed by atoms with E-state index in [0.717, 1.165) is 35.9 Å². The fourth-order valence-electron chi connectivity index (χ4n) is 2.23. The monoisotopic (exact) mass is 263 g/mol. The fourth-order valence-corrected chi connectivity index (χ4v) is 2.45. The van der Waals surface area contributed by atoms with E-state index >= 15 is 0 Å². The molecule has 0 bridgehead atoms. The second-order valence-corrected chi connectivity index (χ2v) is 4.84. The second kappa shape index (κ2) is 5.08. The lowest BCUT2D eigenvalue weighted by Crippen LogP contribution is -2.11. The maximum atomic E-state index is 5.98. The summed E-state index contributed by atoms with van der Waals surface area (Å²) in [5.41, 5.74) is 1.12. The van der Waals surface area contributed by atoms with Crippen LogP contribution in [0.25, 0.3) is 0 Å². The average molecular weight is 264 g/mol. The van der Waals surface area contributed by atoms with Gasteiger partial charge >= 0.3 is 0 Å². The standard InChI is InChI=1S/C13H14ClN3O/c14-11-4-1-3-10(7-11)8-17-13(15-9-16-17)12-5-2-6-18-12/h1,3-4,7,9,12H,2,5-6,8H2/t12-/m1/s1. The summed E-state index contributed by atoms with van der Waals surface area (Å²) in [7, 11) is 0. The summed E-state index contributed by atoms with van der Waals surface area (Å²) < 4.78 is 7.54. The van der Waals surface area contributed by atoms with E-state index < -0.39 is 0 Å². The summed E-state index contributed by atoms with van der Waals surface area (Å²) >= 11 is 5.98. The van der Waals surface area contributed by atoms with Crippen LogP contribution in [0.15, 0.2) is 30.6 Å². The number of rotatable bonds is 3. The SMILES string of the molecule is Clc1cccc(Cn2ncnc2[C@H]2CCCO2)c1. The third-order valence-corrected chi connectivity index (χ3v) is 3.32. The molecule has 0 amide bonds. The quantitative estimate of drug-likeness (QED) is 0.855. The molecule has 2 heterocycles. The van der Waals surface area contributed by atoms with Crippen molar-refractivity contribution in [1.82, 2.24) is 14.8 Å². The van der Waals surface area contributed by atoms with Crippen molar-refractivity contribution >= 4 is 11.6 Å². The summed E-state index contributed by atoms with van der Waals surface area (Å²) in [4.78, 5) is 4.31. The zero-order valence-corrected chi connectivity index (χ0v) is 10.7. The first-order chi connectivity index (χ1) is 8.83. The van der Waals surface area contributed by atoms with Crippen molar-refractivity contribution < 1.29 is 4.74 Å². The van der Waals surface area contributed by atoms with Gasteiger partial charge in [0.05, 0.1) is 6.54 Å². The van der Waals surface area contributed by atoms with Crippen molar-refractivity contribution in [3.05, 3.63) is 47.0 Å². The van der Waals surface area contributed by atoms with E-state index in [0.29, 0.717) is 6.54 Å². The molecule has 1 aliphatic rings. The predicted octanol–water partition coefficient (Wildman–Crippen LogP) is 2.83. The normalized spacial score (nSPS) is 19.3. The molecular weight excluding hydrogens is 250 g/mol. The Morgan fingerprint density at radius 3 is 3.17 bits per heavy atom. The Morgan fingerprint density at radius 2 is 2.39 bits per heavy atom. The first-order valence-electron chi connectivity index (χ1n) is 6.07. The zero-order chi connectivity index (χ0) is 12.4. The fraction of sp³-hybridized carbons (Fsp3) is 0.385. The Kier molecular flexibility index (Phi) is 3.30. The van der Waals surface area contributed by atoms with Crippen molar-refractivity contribution in [2.75, 3.05) is 6.61 Å². The van der Waals surface area contributed by atoms with Crippen LogP contribution in [0.4, 0.5) is 0 Å². The molecule has 0 unspecified atom stereocenters. The Labute approximate surface area is 111 Å². The topological polar surface area (TPSA) is 39.9 Å². The highest BCUT2D eigenvalue weighted by atomic mass is 35.5. The maximum absolute atomic E-state index is 5.98. The second-order valence-electron chi connectivity index (χ2n) is 4.41. The largest absolute Gasteiger partial charge is 0.370 e. The van der Waals surface area contributed by atoms with E-state index in [-0.39, 0.29) is 6.10 Å². The molecule has 1 fully saturated rings. The Morgan fingerprint density at radius 1 is 1.44 bits per heavy atom. The number of hydrogen-bond donors (Lipinski definition) is 0. The zero-order valence-electron chi connectivity index (χ0n) is 9.92. The van der Waals surface area contributed by atoms with Crippen LogP contribution in [0.2, 0.25) is 5.02 Å². The molecule has 1 aromatic heterocycles. The third-order valence-electron chi connectivity index (χ3n) is 3.08. The van der Waals surface area contributed by atoms with Gasteiger partial charge in [0.1, 0.15) is 12.4 Å². The summed E-state index contributed by atoms with van der Waals surface area (Å²) in [6.45, 7) is 1.49. The Bertz CT molecular complexity index is 535. The number of nitrogens with zero attached hydrogens (tertiary/aromatic N) is 3. The van der Waals surface area contributed by atoms with Crippen LogP contribution in [-0.2, 0) is 11.3 Å². The van der Waals surface area contributed by atoms with Gasteiger partial charge in [-0.3, -0.25) is 0 Å². The lowest BCUT2D eigenvalue weighted by atomic mass is 10.2. The molecule has 3 rings (SSSR count). The molecule has 2 aromatic rings. The highest BCUT2D eigenvalue weighted by Crippen LogP contribution is 2.27. The lowest BCUT2D eigenvalue weighted by molar-refractivity contribution is 0.101. The van der Waals surface area contributed by atoms with Gasteiger partial charge in [0.2, 0.25) is 0 Å². The van der Waals surface area contributed by atoms with Crippen molar-refractivity contribution in [2.24, 2.45) is 0 Å². The first kappa shape index (κ1) is 11.7. The molecule has 1 atom stereocenters. The van der Waals surface area contributed by atoms with Gasteiger partial charge < -0.3 is 4.74 Å². The molecule has 1 saturated heterocycles. The van der Waals surface area contributed by atoms with Crippen LogP contribution in [0, 0.1) is 0 Å². The van der Waals surface area contributed by atoms with Crippen LogP contribution in [0.3, 0.4) is 0 Å². The van der Waals surface area contributed by atoms with Crippen molar-refractivity contribution in [3.8, 4) is 0 Å². The highest BCUT2D eigenvalue weighted by Gasteiger charge is 2.22. The van der Waals surface area contributed by atoms with Gasteiger partial charge in [-0.05, 0) is 30.5 Å². The number of halogens is 1. The van der Waals surface area contributed by atoms with Gasteiger partial charge in [0.15, 0.2) is 5.82 Å². The highest BCUT2D eigenvalue weighted by molar-refractivity contribution is 6.30. The molecular formula is C13H14ClN3O. The molecule has 18 heavy (non-hydrogen) atoms. The van der Waals surface area contributed by atoms with Crippen LogP contribution in [-0.4, -0.2) is 21.4 Å². The molecule has 1 aromatic carbocycles. The molecule has 94 valence electrons. The van der Waals surface area contributed by atoms with Crippen LogP contribution >= 0.6 is 11.6 Å². The Balaban J connectivity index is 1.82. The van der Waals surface area contributed by atoms with Gasteiger partial charge in [-0.25, -0.2) is 9.67 Å². The van der Waals surface area contributed by atoms with E-state index in [9.17, 15) is 0 Å². The predicted molar refractivity (Wildman–Crippen MR) is 68.5 cm³/mol. The smallest absolute Gasteiger partial charge is 0.156 e. The minimum Gasteiger partial charge on any atom is -0.370 e. The van der Waals surface area contributed by atoms with Crippen LogP contribution in [0.1, 0.15) is 30.3 Å². The molecule has 0 saturated carbocycles. The molecule has 0 radical (unpaired) electrons. The molecule has 1 aliphatic heterocycles. The van der Waals surface area contributed by atoms with E-state index in [2.05, 4.69) is 10.1 Å². The van der Waals surface area contributed by atoms with Gasteiger partial charge in [0.25, 0.3) is 0 Å². The van der Waals surface area contributed by atoms with E-state index in [1.165, 1.54) is 0 Å². The average Bonchev–Trinajstić information content (AvgIpc) is 2.98. The summed E-state index contributed by atoms with van der Waals surface area (Å²) in [5.74, 6) is 0.910. The molecule has 5 heteroatoms. The summed E-state index contributed by atoms with van der Waals surface area (Å²) in [6, 6.07) is 7.79. The number of benzene rings is 1. The molecule has 4 nitrogen and oxygen atoms in total. The number of ether oxygens (including phenoxy) is 1. The number of hydrogen-bond acceptors (Lipinski definition) is 3. The van der Waals surface area contributed by atoms with E-state index in [1.807, 2.05) is 28.9 Å². The summed E-state index contributed by atoms with van der Waals surface area (Å²) in [6.07, 6.45) is 3.79.